The van der Waals surface area contributed by atoms with Crippen molar-refractivity contribution in [3.8, 4) is 6.07 Å². The van der Waals surface area contributed by atoms with Crippen LogP contribution < -0.4 is 11.2 Å². The van der Waals surface area contributed by atoms with Crippen LogP contribution in [0.5, 0.6) is 0 Å². The van der Waals surface area contributed by atoms with Gasteiger partial charge in [0.15, 0.2) is 0 Å². The first kappa shape index (κ1) is 10.7. The number of nitrogens with two attached hydrogens (primary N) is 1. The van der Waals surface area contributed by atoms with Gasteiger partial charge in [-0.25, -0.2) is 10.2 Å². The molecule has 0 unspecified atom stereocenters. The van der Waals surface area contributed by atoms with Gasteiger partial charge in [-0.15, -0.1) is 0 Å². The van der Waals surface area contributed by atoms with E-state index in [0.717, 1.165) is 5.56 Å². The third-order valence-electron chi connectivity index (χ3n) is 1.65. The van der Waals surface area contributed by atoms with Gasteiger partial charge in [0, 0.05) is 0 Å². The Bertz CT molecular complexity index is 405. The maximum atomic E-state index is 10.5. The zero-order valence-corrected chi connectivity index (χ0v) is 7.97. The second-order valence-electron chi connectivity index (χ2n) is 2.74. The highest BCUT2D eigenvalue weighted by Gasteiger charge is 2.02. The standard InChI is InChI=1S/C10H10N4O/c11-7-6-9(13-14-10(12)15)8-4-2-1-3-5-8/h1-5H,6H2,(H3,12,14,15)/b13-9+. The molecule has 0 saturated carbocycles. The first-order valence-corrected chi connectivity index (χ1v) is 4.28. The van der Waals surface area contributed by atoms with Gasteiger partial charge in [0.05, 0.1) is 18.2 Å². The molecule has 5 heteroatoms. The number of hydrogen-bond acceptors (Lipinski definition) is 3. The largest absolute Gasteiger partial charge is 0.350 e. The lowest BCUT2D eigenvalue weighted by Gasteiger charge is -2.01. The minimum absolute atomic E-state index is 0.115. The van der Waals surface area contributed by atoms with Crippen LogP contribution in [0.3, 0.4) is 0 Å². The summed E-state index contributed by atoms with van der Waals surface area (Å²) in [6.07, 6.45) is 0.115. The van der Waals surface area contributed by atoms with Gasteiger partial charge in [-0.05, 0) is 5.56 Å². The summed E-state index contributed by atoms with van der Waals surface area (Å²) >= 11 is 0. The molecule has 1 aromatic rings. The number of hydrogen-bond donors (Lipinski definition) is 2. The van der Waals surface area contributed by atoms with Crippen LogP contribution in [0.25, 0.3) is 0 Å². The van der Waals surface area contributed by atoms with E-state index in [1.807, 2.05) is 24.3 Å². The number of carbonyl (C=O) groups is 1. The first-order chi connectivity index (χ1) is 7.24. The SMILES string of the molecule is N#CC/C(=N\NC(N)=O)c1ccccc1. The van der Waals surface area contributed by atoms with Crippen LogP contribution in [0.15, 0.2) is 35.4 Å². The number of carbonyl (C=O) groups excluding carboxylic acids is 1. The third-order valence-corrected chi connectivity index (χ3v) is 1.65. The maximum absolute atomic E-state index is 10.5. The van der Waals surface area contributed by atoms with Crippen molar-refractivity contribution in [3.63, 3.8) is 0 Å². The molecule has 5 nitrogen and oxygen atoms in total. The highest BCUT2D eigenvalue weighted by Crippen LogP contribution is 2.03. The van der Waals surface area contributed by atoms with E-state index in [0.29, 0.717) is 5.71 Å². The second-order valence-corrected chi connectivity index (χ2v) is 2.74. The Kier molecular flexibility index (Phi) is 3.86. The molecule has 3 N–H and O–H groups in total. The van der Waals surface area contributed by atoms with Crippen LogP contribution in [0.2, 0.25) is 0 Å². The van der Waals surface area contributed by atoms with Crippen molar-refractivity contribution in [1.82, 2.24) is 5.43 Å². The molecule has 0 atom stereocenters. The zero-order valence-electron chi connectivity index (χ0n) is 7.97. The normalized spacial score (nSPS) is 10.5. The van der Waals surface area contributed by atoms with Crippen molar-refractivity contribution >= 4 is 11.7 Å². The molecule has 0 heterocycles. The topological polar surface area (TPSA) is 91.3 Å². The van der Waals surface area contributed by atoms with Gasteiger partial charge in [-0.1, -0.05) is 30.3 Å². The van der Waals surface area contributed by atoms with Crippen LogP contribution in [0.1, 0.15) is 12.0 Å². The van der Waals surface area contributed by atoms with E-state index in [1.165, 1.54) is 0 Å². The summed E-state index contributed by atoms with van der Waals surface area (Å²) in [5.41, 5.74) is 8.25. The molecule has 0 bridgehead atoms. The molecule has 0 fully saturated rings. The van der Waals surface area contributed by atoms with Crippen molar-refractivity contribution in [1.29, 1.82) is 5.26 Å². The average molecular weight is 202 g/mol. The molecule has 0 aromatic heterocycles. The maximum Gasteiger partial charge on any atom is 0.332 e. The van der Waals surface area contributed by atoms with Crippen molar-refractivity contribution in [3.05, 3.63) is 35.9 Å². The molecule has 0 aliphatic rings. The Labute approximate surface area is 87.2 Å². The monoisotopic (exact) mass is 202 g/mol. The van der Waals surface area contributed by atoms with Gasteiger partial charge >= 0.3 is 6.03 Å². The quantitative estimate of drug-likeness (QED) is 0.564. The van der Waals surface area contributed by atoms with E-state index in [9.17, 15) is 4.79 Å². The van der Waals surface area contributed by atoms with Crippen molar-refractivity contribution in [2.45, 2.75) is 6.42 Å². The molecule has 0 spiro atoms. The number of hydrazone groups is 1. The van der Waals surface area contributed by atoms with E-state index < -0.39 is 6.03 Å². The number of urea groups is 1. The van der Waals surface area contributed by atoms with Crippen molar-refractivity contribution < 1.29 is 4.79 Å². The number of amides is 2. The van der Waals surface area contributed by atoms with Gasteiger partial charge in [-0.3, -0.25) is 0 Å². The lowest BCUT2D eigenvalue weighted by Crippen LogP contribution is -2.26. The number of benzene rings is 1. The zero-order chi connectivity index (χ0) is 11.1. The molecule has 1 aromatic carbocycles. The van der Waals surface area contributed by atoms with Crippen LogP contribution in [-0.4, -0.2) is 11.7 Å². The number of nitrogens with one attached hydrogen (secondary N) is 1. The molecule has 0 aliphatic heterocycles. The highest BCUT2D eigenvalue weighted by atomic mass is 16.2. The van der Waals surface area contributed by atoms with E-state index in [-0.39, 0.29) is 6.42 Å². The van der Waals surface area contributed by atoms with Gasteiger partial charge in [0.2, 0.25) is 0 Å². The van der Waals surface area contributed by atoms with Gasteiger partial charge in [0.25, 0.3) is 0 Å². The Morgan fingerprint density at radius 3 is 2.67 bits per heavy atom. The summed E-state index contributed by atoms with van der Waals surface area (Å²) in [4.78, 5) is 10.5. The number of rotatable bonds is 3. The molecule has 2 amide bonds. The Balaban J connectivity index is 2.89. The van der Waals surface area contributed by atoms with E-state index in [1.54, 1.807) is 12.1 Å². The Morgan fingerprint density at radius 2 is 2.13 bits per heavy atom. The fourth-order valence-corrected chi connectivity index (χ4v) is 1.03. The Morgan fingerprint density at radius 1 is 1.47 bits per heavy atom. The molecular formula is C10H10N4O. The molecule has 0 saturated heterocycles. The summed E-state index contributed by atoms with van der Waals surface area (Å²) in [6, 6.07) is 10.3. The van der Waals surface area contributed by atoms with Gasteiger partial charge in [-0.2, -0.15) is 10.4 Å². The highest BCUT2D eigenvalue weighted by molar-refractivity contribution is 6.02. The summed E-state index contributed by atoms with van der Waals surface area (Å²) in [7, 11) is 0. The molecule has 1 rings (SSSR count). The summed E-state index contributed by atoms with van der Waals surface area (Å²) in [5, 5.41) is 12.3. The van der Waals surface area contributed by atoms with E-state index in [2.05, 4.69) is 10.5 Å². The number of nitrogens with zero attached hydrogens (tertiary/aromatic N) is 2. The average Bonchev–Trinajstić information content (AvgIpc) is 2.25. The van der Waals surface area contributed by atoms with Crippen molar-refractivity contribution in [2.24, 2.45) is 10.8 Å². The number of nitriles is 1. The molecular weight excluding hydrogens is 192 g/mol. The van der Waals surface area contributed by atoms with Gasteiger partial charge < -0.3 is 5.73 Å². The van der Waals surface area contributed by atoms with Crippen LogP contribution in [-0.2, 0) is 0 Å². The van der Waals surface area contributed by atoms with E-state index >= 15 is 0 Å². The van der Waals surface area contributed by atoms with Crippen LogP contribution in [0, 0.1) is 11.3 Å². The molecule has 0 aliphatic carbocycles. The molecule has 76 valence electrons. The second kappa shape index (κ2) is 5.40. The van der Waals surface area contributed by atoms with Crippen molar-refractivity contribution in [2.75, 3.05) is 0 Å². The number of primary amides is 1. The van der Waals surface area contributed by atoms with E-state index in [4.69, 9.17) is 11.0 Å². The minimum Gasteiger partial charge on any atom is -0.350 e. The Hall–Kier alpha value is -2.35. The fraction of sp³-hybridized carbons (Fsp3) is 0.100. The molecule has 15 heavy (non-hydrogen) atoms. The lowest BCUT2D eigenvalue weighted by molar-refractivity contribution is 0.249. The lowest BCUT2D eigenvalue weighted by atomic mass is 10.1. The fourth-order valence-electron chi connectivity index (χ4n) is 1.03. The third kappa shape index (κ3) is 3.48. The summed E-state index contributed by atoms with van der Waals surface area (Å²) in [5.74, 6) is 0. The minimum atomic E-state index is -0.749. The summed E-state index contributed by atoms with van der Waals surface area (Å²) < 4.78 is 0. The predicted octanol–water partition coefficient (Wildman–Crippen LogP) is 0.973. The molecule has 0 radical (unpaired) electrons. The first-order valence-electron chi connectivity index (χ1n) is 4.28. The predicted molar refractivity (Wildman–Crippen MR) is 55.9 cm³/mol. The smallest absolute Gasteiger partial charge is 0.332 e. The summed E-state index contributed by atoms with van der Waals surface area (Å²) in [6.45, 7) is 0. The van der Waals surface area contributed by atoms with Crippen LogP contribution in [0.4, 0.5) is 4.79 Å². The van der Waals surface area contributed by atoms with Gasteiger partial charge in [0.1, 0.15) is 0 Å². The van der Waals surface area contributed by atoms with Crippen LogP contribution >= 0.6 is 0 Å².